The SMILES string of the molecule is Nc1ccc(F)c(F)c1NCCc1ccco1. The average molecular weight is 238 g/mol. The molecule has 3 nitrogen and oxygen atoms in total. The molecule has 0 aliphatic carbocycles. The summed E-state index contributed by atoms with van der Waals surface area (Å²) in [5, 5.41) is 2.76. The molecule has 0 atom stereocenters. The molecule has 0 aliphatic rings. The summed E-state index contributed by atoms with van der Waals surface area (Å²) in [4.78, 5) is 0. The van der Waals surface area contributed by atoms with E-state index in [1.165, 1.54) is 6.07 Å². The van der Waals surface area contributed by atoms with Crippen LogP contribution in [0.3, 0.4) is 0 Å². The van der Waals surface area contributed by atoms with Gasteiger partial charge in [-0.1, -0.05) is 0 Å². The van der Waals surface area contributed by atoms with Crippen molar-refractivity contribution in [2.45, 2.75) is 6.42 Å². The Morgan fingerprint density at radius 1 is 1.24 bits per heavy atom. The second-order valence-corrected chi connectivity index (χ2v) is 3.58. The van der Waals surface area contributed by atoms with Crippen LogP contribution < -0.4 is 11.1 Å². The highest BCUT2D eigenvalue weighted by Gasteiger charge is 2.11. The highest BCUT2D eigenvalue weighted by molar-refractivity contribution is 5.66. The zero-order chi connectivity index (χ0) is 12.3. The van der Waals surface area contributed by atoms with Crippen molar-refractivity contribution < 1.29 is 13.2 Å². The van der Waals surface area contributed by atoms with E-state index in [4.69, 9.17) is 10.2 Å². The number of benzene rings is 1. The minimum Gasteiger partial charge on any atom is -0.469 e. The average Bonchev–Trinajstić information content (AvgIpc) is 2.81. The van der Waals surface area contributed by atoms with E-state index < -0.39 is 11.6 Å². The first-order valence-electron chi connectivity index (χ1n) is 5.18. The summed E-state index contributed by atoms with van der Waals surface area (Å²) in [5.74, 6) is -1.10. The van der Waals surface area contributed by atoms with Crippen LogP contribution in [-0.4, -0.2) is 6.54 Å². The lowest BCUT2D eigenvalue weighted by Gasteiger charge is -2.09. The Morgan fingerprint density at radius 3 is 2.76 bits per heavy atom. The van der Waals surface area contributed by atoms with E-state index in [0.29, 0.717) is 13.0 Å². The van der Waals surface area contributed by atoms with Crippen molar-refractivity contribution >= 4 is 11.4 Å². The van der Waals surface area contributed by atoms with Crippen LogP contribution in [0.1, 0.15) is 5.76 Å². The predicted octanol–water partition coefficient (Wildman–Crippen LogP) is 2.79. The maximum Gasteiger partial charge on any atom is 0.183 e. The summed E-state index contributed by atoms with van der Waals surface area (Å²) in [6.45, 7) is 0.415. The number of nitrogen functional groups attached to an aromatic ring is 1. The molecule has 3 N–H and O–H groups in total. The maximum absolute atomic E-state index is 13.4. The molecular weight excluding hydrogens is 226 g/mol. The summed E-state index contributed by atoms with van der Waals surface area (Å²) < 4.78 is 31.5. The topological polar surface area (TPSA) is 51.2 Å². The van der Waals surface area contributed by atoms with Crippen molar-refractivity contribution in [3.05, 3.63) is 47.9 Å². The third kappa shape index (κ3) is 2.55. The zero-order valence-corrected chi connectivity index (χ0v) is 9.04. The first-order chi connectivity index (χ1) is 8.18. The van der Waals surface area contributed by atoms with Crippen molar-refractivity contribution in [2.75, 3.05) is 17.6 Å². The third-order valence-corrected chi connectivity index (χ3v) is 2.38. The van der Waals surface area contributed by atoms with Crippen LogP contribution >= 0.6 is 0 Å². The number of hydrogen-bond donors (Lipinski definition) is 2. The molecule has 0 amide bonds. The standard InChI is InChI=1S/C12H12F2N2O/c13-9-3-4-10(15)12(11(9)14)16-6-5-8-2-1-7-17-8/h1-4,7,16H,5-6,15H2. The van der Waals surface area contributed by atoms with Crippen molar-refractivity contribution in [2.24, 2.45) is 0 Å². The van der Waals surface area contributed by atoms with Gasteiger partial charge in [-0.15, -0.1) is 0 Å². The smallest absolute Gasteiger partial charge is 0.183 e. The molecule has 0 unspecified atom stereocenters. The third-order valence-electron chi connectivity index (χ3n) is 2.38. The normalized spacial score (nSPS) is 10.5. The fourth-order valence-corrected chi connectivity index (χ4v) is 1.51. The van der Waals surface area contributed by atoms with Crippen LogP contribution in [0.2, 0.25) is 0 Å². The number of halogens is 2. The summed E-state index contributed by atoms with van der Waals surface area (Å²) in [6, 6.07) is 5.91. The van der Waals surface area contributed by atoms with E-state index in [9.17, 15) is 8.78 Å². The molecule has 0 spiro atoms. The molecule has 1 aromatic carbocycles. The van der Waals surface area contributed by atoms with Gasteiger partial charge in [0.05, 0.1) is 17.6 Å². The van der Waals surface area contributed by atoms with Gasteiger partial charge in [0.25, 0.3) is 0 Å². The number of anilines is 2. The molecule has 0 saturated carbocycles. The monoisotopic (exact) mass is 238 g/mol. The first-order valence-corrected chi connectivity index (χ1v) is 5.18. The number of rotatable bonds is 4. The molecule has 0 fully saturated rings. The lowest BCUT2D eigenvalue weighted by Crippen LogP contribution is -2.09. The molecular formula is C12H12F2N2O. The second kappa shape index (κ2) is 4.86. The maximum atomic E-state index is 13.4. The van der Waals surface area contributed by atoms with Gasteiger partial charge in [-0.3, -0.25) is 0 Å². The van der Waals surface area contributed by atoms with E-state index in [1.807, 2.05) is 6.07 Å². The number of furan rings is 1. The van der Waals surface area contributed by atoms with Gasteiger partial charge in [0.15, 0.2) is 11.6 Å². The minimum atomic E-state index is -0.954. The molecule has 0 radical (unpaired) electrons. The number of nitrogens with one attached hydrogen (secondary N) is 1. The minimum absolute atomic E-state index is 0.00319. The van der Waals surface area contributed by atoms with E-state index in [-0.39, 0.29) is 11.4 Å². The fourth-order valence-electron chi connectivity index (χ4n) is 1.51. The molecule has 90 valence electrons. The molecule has 2 rings (SSSR count). The van der Waals surface area contributed by atoms with Crippen molar-refractivity contribution in [3.63, 3.8) is 0 Å². The van der Waals surface area contributed by atoms with E-state index in [0.717, 1.165) is 11.8 Å². The summed E-state index contributed by atoms with van der Waals surface area (Å²) in [6.07, 6.45) is 2.13. The van der Waals surface area contributed by atoms with Gasteiger partial charge < -0.3 is 15.5 Å². The predicted molar refractivity (Wildman–Crippen MR) is 61.7 cm³/mol. The highest BCUT2D eigenvalue weighted by Crippen LogP contribution is 2.24. The van der Waals surface area contributed by atoms with E-state index >= 15 is 0 Å². The van der Waals surface area contributed by atoms with E-state index in [2.05, 4.69) is 5.32 Å². The lowest BCUT2D eigenvalue weighted by atomic mass is 10.2. The van der Waals surface area contributed by atoms with Gasteiger partial charge in [-0.2, -0.15) is 0 Å². The van der Waals surface area contributed by atoms with Crippen molar-refractivity contribution in [1.29, 1.82) is 0 Å². The van der Waals surface area contributed by atoms with Crippen LogP contribution in [0, 0.1) is 11.6 Å². The van der Waals surface area contributed by atoms with Crippen LogP contribution in [0.5, 0.6) is 0 Å². The second-order valence-electron chi connectivity index (χ2n) is 3.58. The summed E-state index contributed by atoms with van der Waals surface area (Å²) in [5.41, 5.74) is 5.74. The number of nitrogens with two attached hydrogens (primary N) is 1. The Morgan fingerprint density at radius 2 is 2.06 bits per heavy atom. The van der Waals surface area contributed by atoms with Gasteiger partial charge in [-0.25, -0.2) is 8.78 Å². The Kier molecular flexibility index (Phi) is 3.27. The Bertz CT molecular complexity index is 497. The summed E-state index contributed by atoms with van der Waals surface area (Å²) >= 11 is 0. The molecule has 1 heterocycles. The number of hydrogen-bond acceptors (Lipinski definition) is 3. The first kappa shape index (κ1) is 11.4. The Balaban J connectivity index is 2.01. The lowest BCUT2D eigenvalue weighted by molar-refractivity contribution is 0.507. The molecule has 0 aliphatic heterocycles. The molecule has 1 aromatic heterocycles. The molecule has 17 heavy (non-hydrogen) atoms. The molecule has 5 heteroatoms. The Labute approximate surface area is 97.2 Å². The van der Waals surface area contributed by atoms with Gasteiger partial charge in [0.2, 0.25) is 0 Å². The molecule has 0 bridgehead atoms. The van der Waals surface area contributed by atoms with Crippen molar-refractivity contribution in [3.8, 4) is 0 Å². The van der Waals surface area contributed by atoms with Gasteiger partial charge in [0, 0.05) is 13.0 Å². The van der Waals surface area contributed by atoms with Gasteiger partial charge in [-0.05, 0) is 24.3 Å². The van der Waals surface area contributed by atoms with Crippen LogP contribution in [-0.2, 0) is 6.42 Å². The molecule has 0 saturated heterocycles. The van der Waals surface area contributed by atoms with Crippen molar-refractivity contribution in [1.82, 2.24) is 0 Å². The van der Waals surface area contributed by atoms with Crippen LogP contribution in [0.15, 0.2) is 34.9 Å². The zero-order valence-electron chi connectivity index (χ0n) is 9.04. The largest absolute Gasteiger partial charge is 0.469 e. The molecule has 2 aromatic rings. The van der Waals surface area contributed by atoms with E-state index in [1.54, 1.807) is 12.3 Å². The van der Waals surface area contributed by atoms with Gasteiger partial charge >= 0.3 is 0 Å². The fraction of sp³-hybridized carbons (Fsp3) is 0.167. The van der Waals surface area contributed by atoms with Crippen LogP contribution in [0.25, 0.3) is 0 Å². The quantitative estimate of drug-likeness (QED) is 0.805. The van der Waals surface area contributed by atoms with Crippen LogP contribution in [0.4, 0.5) is 20.2 Å². The summed E-state index contributed by atoms with van der Waals surface area (Å²) in [7, 11) is 0. The Hall–Kier alpha value is -2.04. The van der Waals surface area contributed by atoms with Gasteiger partial charge in [0.1, 0.15) is 5.76 Å². The highest BCUT2D eigenvalue weighted by atomic mass is 19.2.